The van der Waals surface area contributed by atoms with Gasteiger partial charge in [0.05, 0.1) is 0 Å². The van der Waals surface area contributed by atoms with Crippen LogP contribution in [0.15, 0.2) is 12.4 Å². The third-order valence-corrected chi connectivity index (χ3v) is 6.07. The second-order valence-electron chi connectivity index (χ2n) is 7.29. The van der Waals surface area contributed by atoms with E-state index in [0.717, 1.165) is 17.3 Å². The minimum absolute atomic E-state index is 0.685. The van der Waals surface area contributed by atoms with E-state index in [1.54, 1.807) is 0 Å². The average molecular weight is 271 g/mol. The molecule has 1 aromatic heterocycles. The molecular weight excluding hydrogens is 246 g/mol. The van der Waals surface area contributed by atoms with Gasteiger partial charge in [-0.05, 0) is 75.4 Å². The summed E-state index contributed by atoms with van der Waals surface area (Å²) in [7, 11) is 0. The fourth-order valence-electron chi connectivity index (χ4n) is 4.49. The molecule has 0 radical (unpaired) electrons. The molecule has 20 heavy (non-hydrogen) atoms. The van der Waals surface area contributed by atoms with Gasteiger partial charge in [-0.25, -0.2) is 9.97 Å². The van der Waals surface area contributed by atoms with Crippen molar-refractivity contribution < 1.29 is 0 Å². The number of rotatable bonds is 2. The molecule has 0 bridgehead atoms. The van der Waals surface area contributed by atoms with Crippen molar-refractivity contribution in [3.63, 3.8) is 0 Å². The van der Waals surface area contributed by atoms with Gasteiger partial charge in [0.1, 0.15) is 5.82 Å². The maximum atomic E-state index is 4.35. The molecule has 1 aliphatic heterocycles. The summed E-state index contributed by atoms with van der Waals surface area (Å²) in [5, 5.41) is 0. The lowest BCUT2D eigenvalue weighted by atomic mass is 9.53. The number of aryl methyl sites for hydroxylation is 1. The molecule has 1 saturated heterocycles. The van der Waals surface area contributed by atoms with Crippen LogP contribution in [-0.4, -0.2) is 34.0 Å². The highest BCUT2D eigenvalue weighted by Crippen LogP contribution is 2.57. The van der Waals surface area contributed by atoms with Crippen molar-refractivity contribution in [1.82, 2.24) is 14.9 Å². The van der Waals surface area contributed by atoms with Gasteiger partial charge < -0.3 is 4.90 Å². The molecule has 108 valence electrons. The van der Waals surface area contributed by atoms with Crippen LogP contribution in [0.4, 0.5) is 0 Å². The zero-order valence-electron chi connectivity index (χ0n) is 12.5. The summed E-state index contributed by atoms with van der Waals surface area (Å²) in [6, 6.07) is 0.908. The van der Waals surface area contributed by atoms with Gasteiger partial charge in [-0.1, -0.05) is 6.42 Å². The number of hydrogen-bond donors (Lipinski definition) is 0. The molecule has 1 spiro atoms. The number of likely N-dealkylation sites (tertiary alicyclic amines) is 1. The minimum Gasteiger partial charge on any atom is -0.300 e. The second kappa shape index (κ2) is 4.80. The third kappa shape index (κ3) is 2.16. The molecule has 3 heteroatoms. The Hall–Kier alpha value is -0.960. The minimum atomic E-state index is 0.685. The van der Waals surface area contributed by atoms with E-state index in [1.165, 1.54) is 63.6 Å². The van der Waals surface area contributed by atoms with E-state index < -0.39 is 0 Å². The van der Waals surface area contributed by atoms with Crippen LogP contribution in [0.3, 0.4) is 0 Å². The number of hydrogen-bond acceptors (Lipinski definition) is 3. The van der Waals surface area contributed by atoms with Crippen molar-refractivity contribution in [2.75, 3.05) is 13.1 Å². The van der Waals surface area contributed by atoms with Crippen LogP contribution in [-0.2, 0) is 0 Å². The van der Waals surface area contributed by atoms with E-state index in [0.29, 0.717) is 5.92 Å². The maximum Gasteiger partial charge on any atom is 0.125 e. The first-order chi connectivity index (χ1) is 9.74. The molecule has 3 nitrogen and oxygen atoms in total. The normalized spacial score (nSPS) is 27.2. The van der Waals surface area contributed by atoms with Crippen molar-refractivity contribution in [1.29, 1.82) is 0 Å². The van der Waals surface area contributed by atoms with E-state index in [-0.39, 0.29) is 0 Å². The Kier molecular flexibility index (Phi) is 3.06. The summed E-state index contributed by atoms with van der Waals surface area (Å²) in [5.41, 5.74) is 2.16. The molecule has 0 aromatic carbocycles. The van der Waals surface area contributed by atoms with Crippen LogP contribution in [0.25, 0.3) is 0 Å². The highest BCUT2D eigenvalue weighted by Gasteiger charge is 2.50. The summed E-state index contributed by atoms with van der Waals surface area (Å²) < 4.78 is 0. The molecule has 0 amide bonds. The monoisotopic (exact) mass is 271 g/mol. The molecule has 2 saturated carbocycles. The first kappa shape index (κ1) is 12.8. The van der Waals surface area contributed by atoms with Gasteiger partial charge in [0.25, 0.3) is 0 Å². The van der Waals surface area contributed by atoms with Crippen LogP contribution in [0.1, 0.15) is 62.3 Å². The lowest BCUT2D eigenvalue weighted by molar-refractivity contribution is -0.0611. The van der Waals surface area contributed by atoms with Crippen LogP contribution in [0.5, 0.6) is 0 Å². The van der Waals surface area contributed by atoms with Gasteiger partial charge in [0, 0.05) is 18.4 Å². The molecule has 4 rings (SSSR count). The molecule has 3 fully saturated rings. The van der Waals surface area contributed by atoms with Crippen molar-refractivity contribution >= 4 is 0 Å². The molecule has 0 N–H and O–H groups in total. The summed E-state index contributed by atoms with van der Waals surface area (Å²) in [6.07, 6.45) is 14.1. The summed E-state index contributed by atoms with van der Waals surface area (Å²) in [5.74, 6) is 1.57. The molecule has 0 unspecified atom stereocenters. The maximum absolute atomic E-state index is 4.35. The molecular formula is C17H25N3. The Balaban J connectivity index is 1.31. The number of aromatic nitrogens is 2. The van der Waals surface area contributed by atoms with Crippen LogP contribution >= 0.6 is 0 Å². The highest BCUT2D eigenvalue weighted by atomic mass is 15.2. The fraction of sp³-hybridized carbons (Fsp3) is 0.765. The Morgan fingerprint density at radius 3 is 2.30 bits per heavy atom. The van der Waals surface area contributed by atoms with Gasteiger partial charge in [0.15, 0.2) is 0 Å². The molecule has 1 aromatic rings. The zero-order chi connectivity index (χ0) is 13.6. The smallest absolute Gasteiger partial charge is 0.125 e. The second-order valence-corrected chi connectivity index (χ2v) is 7.29. The summed E-state index contributed by atoms with van der Waals surface area (Å²) in [4.78, 5) is 11.5. The van der Waals surface area contributed by atoms with Gasteiger partial charge >= 0.3 is 0 Å². The van der Waals surface area contributed by atoms with Gasteiger partial charge in [-0.15, -0.1) is 0 Å². The molecule has 2 heterocycles. The van der Waals surface area contributed by atoms with Crippen LogP contribution in [0.2, 0.25) is 0 Å². The highest BCUT2D eigenvalue weighted by molar-refractivity contribution is 5.13. The quantitative estimate of drug-likeness (QED) is 0.826. The zero-order valence-corrected chi connectivity index (χ0v) is 12.5. The Bertz CT molecular complexity index is 462. The Morgan fingerprint density at radius 2 is 1.75 bits per heavy atom. The fourth-order valence-corrected chi connectivity index (χ4v) is 4.49. The lowest BCUT2D eigenvalue weighted by Gasteiger charge is -2.58. The van der Waals surface area contributed by atoms with Gasteiger partial charge in [-0.3, -0.25) is 0 Å². The standard InChI is InChI=1S/C17H25N3/c1-13-18-11-15(12-19-13)14-3-7-20(8-4-14)16-9-17(10-16)5-2-6-17/h11-12,14,16H,2-10H2,1H3. The molecule has 2 aliphatic carbocycles. The van der Waals surface area contributed by atoms with E-state index in [9.17, 15) is 0 Å². The van der Waals surface area contributed by atoms with E-state index in [2.05, 4.69) is 14.9 Å². The van der Waals surface area contributed by atoms with E-state index in [1.807, 2.05) is 19.3 Å². The summed E-state index contributed by atoms with van der Waals surface area (Å²) in [6.45, 7) is 4.51. The Morgan fingerprint density at radius 1 is 1.10 bits per heavy atom. The van der Waals surface area contributed by atoms with Crippen molar-refractivity contribution in [3.05, 3.63) is 23.8 Å². The predicted molar refractivity (Wildman–Crippen MR) is 79.6 cm³/mol. The molecule has 3 aliphatic rings. The van der Waals surface area contributed by atoms with Crippen LogP contribution in [0, 0.1) is 12.3 Å². The van der Waals surface area contributed by atoms with E-state index >= 15 is 0 Å². The van der Waals surface area contributed by atoms with Crippen molar-refractivity contribution in [3.8, 4) is 0 Å². The van der Waals surface area contributed by atoms with Crippen LogP contribution < -0.4 is 0 Å². The number of nitrogens with zero attached hydrogens (tertiary/aromatic N) is 3. The average Bonchev–Trinajstić information content (AvgIpc) is 2.37. The SMILES string of the molecule is Cc1ncc(C2CCN(C3CC4(CCC4)C3)CC2)cn1. The third-order valence-electron chi connectivity index (χ3n) is 6.07. The predicted octanol–water partition coefficient (Wildman–Crippen LogP) is 3.30. The largest absolute Gasteiger partial charge is 0.300 e. The molecule has 0 atom stereocenters. The topological polar surface area (TPSA) is 29.0 Å². The first-order valence-corrected chi connectivity index (χ1v) is 8.27. The lowest BCUT2D eigenvalue weighted by Crippen LogP contribution is -2.55. The summed E-state index contributed by atoms with van der Waals surface area (Å²) >= 11 is 0. The van der Waals surface area contributed by atoms with Crippen molar-refractivity contribution in [2.24, 2.45) is 5.41 Å². The van der Waals surface area contributed by atoms with Gasteiger partial charge in [-0.2, -0.15) is 0 Å². The van der Waals surface area contributed by atoms with Gasteiger partial charge in [0.2, 0.25) is 0 Å². The number of piperidine rings is 1. The van der Waals surface area contributed by atoms with E-state index in [4.69, 9.17) is 0 Å². The Labute approximate surface area is 121 Å². The first-order valence-electron chi connectivity index (χ1n) is 8.27. The van der Waals surface area contributed by atoms with Crippen molar-refractivity contribution in [2.45, 2.75) is 63.8 Å².